The van der Waals surface area contributed by atoms with Crippen molar-refractivity contribution < 1.29 is 24.2 Å². The van der Waals surface area contributed by atoms with E-state index in [4.69, 9.17) is 9.84 Å². The molecule has 0 unspecified atom stereocenters. The zero-order valence-corrected chi connectivity index (χ0v) is 18.3. The summed E-state index contributed by atoms with van der Waals surface area (Å²) in [6.07, 6.45) is 1.73. The minimum Gasteiger partial charge on any atom is -0.494 e. The Labute approximate surface area is 192 Å². The zero-order valence-electron chi connectivity index (χ0n) is 18.3. The lowest BCUT2D eigenvalue weighted by Crippen LogP contribution is -2.18. The molecule has 0 saturated heterocycles. The van der Waals surface area contributed by atoms with Crippen LogP contribution < -0.4 is 15.4 Å². The SMILES string of the molecule is CCc1ccc(OCCCC(=O)Nc2ccccc2C(=O)Nc2cccc(C(=O)O)c2)cc1. The second-order valence-electron chi connectivity index (χ2n) is 7.38. The molecule has 7 heteroatoms. The van der Waals surface area contributed by atoms with Crippen molar-refractivity contribution in [2.24, 2.45) is 0 Å². The summed E-state index contributed by atoms with van der Waals surface area (Å²) in [5.41, 5.74) is 2.31. The summed E-state index contributed by atoms with van der Waals surface area (Å²) in [6, 6.07) is 20.5. The second kappa shape index (κ2) is 11.5. The largest absolute Gasteiger partial charge is 0.494 e. The van der Waals surface area contributed by atoms with Crippen molar-refractivity contribution >= 4 is 29.2 Å². The van der Waals surface area contributed by atoms with E-state index in [0.717, 1.165) is 12.2 Å². The Balaban J connectivity index is 1.53. The van der Waals surface area contributed by atoms with Crippen LogP contribution in [0.25, 0.3) is 0 Å². The van der Waals surface area contributed by atoms with E-state index < -0.39 is 11.9 Å². The lowest BCUT2D eigenvalue weighted by atomic mass is 10.1. The Kier molecular flexibility index (Phi) is 8.18. The molecule has 0 atom stereocenters. The minimum atomic E-state index is -1.08. The fraction of sp³-hybridized carbons (Fsp3) is 0.192. The molecule has 0 spiro atoms. The molecule has 3 N–H and O–H groups in total. The molecule has 7 nitrogen and oxygen atoms in total. The van der Waals surface area contributed by atoms with Gasteiger partial charge in [0.25, 0.3) is 5.91 Å². The first-order valence-electron chi connectivity index (χ1n) is 10.7. The monoisotopic (exact) mass is 446 g/mol. The van der Waals surface area contributed by atoms with Gasteiger partial charge in [-0.05, 0) is 60.9 Å². The number of hydrogen-bond acceptors (Lipinski definition) is 4. The van der Waals surface area contributed by atoms with Crippen molar-refractivity contribution in [1.29, 1.82) is 0 Å². The number of aryl methyl sites for hydroxylation is 1. The number of rotatable bonds is 10. The zero-order chi connectivity index (χ0) is 23.6. The van der Waals surface area contributed by atoms with Crippen LogP contribution >= 0.6 is 0 Å². The second-order valence-corrected chi connectivity index (χ2v) is 7.38. The molecule has 0 fully saturated rings. The summed E-state index contributed by atoms with van der Waals surface area (Å²) in [6.45, 7) is 2.49. The number of carbonyl (C=O) groups is 3. The molecule has 2 amide bonds. The van der Waals surface area contributed by atoms with Crippen molar-refractivity contribution in [3.05, 3.63) is 89.5 Å². The fourth-order valence-corrected chi connectivity index (χ4v) is 3.18. The number of para-hydroxylation sites is 1. The first-order valence-corrected chi connectivity index (χ1v) is 10.7. The molecule has 3 aromatic carbocycles. The van der Waals surface area contributed by atoms with Crippen molar-refractivity contribution in [3.8, 4) is 5.75 Å². The summed E-state index contributed by atoms with van der Waals surface area (Å²) < 4.78 is 5.67. The van der Waals surface area contributed by atoms with E-state index in [-0.39, 0.29) is 23.5 Å². The van der Waals surface area contributed by atoms with Crippen LogP contribution in [0.1, 0.15) is 46.0 Å². The van der Waals surface area contributed by atoms with Gasteiger partial charge in [0, 0.05) is 12.1 Å². The highest BCUT2D eigenvalue weighted by molar-refractivity contribution is 6.10. The number of nitrogens with one attached hydrogen (secondary N) is 2. The highest BCUT2D eigenvalue weighted by atomic mass is 16.5. The number of hydrogen-bond donors (Lipinski definition) is 3. The van der Waals surface area contributed by atoms with Crippen LogP contribution in [-0.2, 0) is 11.2 Å². The summed E-state index contributed by atoms with van der Waals surface area (Å²) >= 11 is 0. The van der Waals surface area contributed by atoms with Gasteiger partial charge in [-0.3, -0.25) is 9.59 Å². The van der Waals surface area contributed by atoms with E-state index in [1.807, 2.05) is 24.3 Å². The molecule has 0 aliphatic carbocycles. The molecular formula is C26H26N2O5. The molecule has 170 valence electrons. The summed E-state index contributed by atoms with van der Waals surface area (Å²) in [7, 11) is 0. The number of benzene rings is 3. The molecule has 33 heavy (non-hydrogen) atoms. The molecule has 3 rings (SSSR count). The normalized spacial score (nSPS) is 10.3. The lowest BCUT2D eigenvalue weighted by Gasteiger charge is -2.12. The van der Waals surface area contributed by atoms with Crippen LogP contribution in [-0.4, -0.2) is 29.5 Å². The van der Waals surface area contributed by atoms with Gasteiger partial charge in [-0.1, -0.05) is 37.3 Å². The number of ether oxygens (including phenoxy) is 1. The van der Waals surface area contributed by atoms with Gasteiger partial charge in [-0.2, -0.15) is 0 Å². The maximum atomic E-state index is 12.7. The molecular weight excluding hydrogens is 420 g/mol. The predicted octanol–water partition coefficient (Wildman–Crippen LogP) is 5.00. The first-order chi connectivity index (χ1) is 16.0. The molecule has 0 aromatic heterocycles. The molecule has 0 saturated carbocycles. The first kappa shape index (κ1) is 23.5. The average molecular weight is 447 g/mol. The molecule has 0 aliphatic heterocycles. The third-order valence-corrected chi connectivity index (χ3v) is 4.96. The van der Waals surface area contributed by atoms with Crippen molar-refractivity contribution in [3.63, 3.8) is 0 Å². The van der Waals surface area contributed by atoms with Crippen LogP contribution in [0, 0.1) is 0 Å². The van der Waals surface area contributed by atoms with Gasteiger partial charge in [-0.15, -0.1) is 0 Å². The number of amides is 2. The van der Waals surface area contributed by atoms with Crippen LogP contribution in [0.3, 0.4) is 0 Å². The number of anilines is 2. The Hall–Kier alpha value is -4.13. The van der Waals surface area contributed by atoms with Gasteiger partial charge in [0.05, 0.1) is 23.4 Å². The molecule has 0 heterocycles. The van der Waals surface area contributed by atoms with Crippen molar-refractivity contribution in [2.45, 2.75) is 26.2 Å². The van der Waals surface area contributed by atoms with Gasteiger partial charge in [0.2, 0.25) is 5.91 Å². The highest BCUT2D eigenvalue weighted by Crippen LogP contribution is 2.19. The third kappa shape index (κ3) is 6.93. The quantitative estimate of drug-likeness (QED) is 0.380. The van der Waals surface area contributed by atoms with Crippen LogP contribution in [0.15, 0.2) is 72.8 Å². The van der Waals surface area contributed by atoms with E-state index in [2.05, 4.69) is 17.6 Å². The molecule has 0 aliphatic rings. The van der Waals surface area contributed by atoms with Gasteiger partial charge in [-0.25, -0.2) is 4.79 Å². The van der Waals surface area contributed by atoms with Gasteiger partial charge >= 0.3 is 5.97 Å². The molecule has 0 radical (unpaired) electrons. The Bertz CT molecular complexity index is 1130. The Morgan fingerprint density at radius 3 is 2.39 bits per heavy atom. The van der Waals surface area contributed by atoms with Crippen molar-refractivity contribution in [2.75, 3.05) is 17.2 Å². The molecule has 3 aromatic rings. The van der Waals surface area contributed by atoms with E-state index in [0.29, 0.717) is 24.4 Å². The minimum absolute atomic E-state index is 0.0675. The smallest absolute Gasteiger partial charge is 0.335 e. The topological polar surface area (TPSA) is 105 Å². The van der Waals surface area contributed by atoms with Gasteiger partial charge in [0.15, 0.2) is 0 Å². The Morgan fingerprint density at radius 2 is 1.67 bits per heavy atom. The van der Waals surface area contributed by atoms with Gasteiger partial charge in [0.1, 0.15) is 5.75 Å². The maximum absolute atomic E-state index is 12.7. The third-order valence-electron chi connectivity index (χ3n) is 4.96. The summed E-state index contributed by atoms with van der Waals surface area (Å²) in [4.78, 5) is 36.3. The van der Waals surface area contributed by atoms with Gasteiger partial charge < -0.3 is 20.5 Å². The van der Waals surface area contributed by atoms with E-state index >= 15 is 0 Å². The number of carboxylic acid groups (broad SMARTS) is 1. The Morgan fingerprint density at radius 1 is 0.909 bits per heavy atom. The van der Waals surface area contributed by atoms with Crippen molar-refractivity contribution in [1.82, 2.24) is 0 Å². The lowest BCUT2D eigenvalue weighted by molar-refractivity contribution is -0.116. The number of aromatic carboxylic acids is 1. The number of carboxylic acids is 1. The van der Waals surface area contributed by atoms with Crippen LogP contribution in [0.4, 0.5) is 11.4 Å². The highest BCUT2D eigenvalue weighted by Gasteiger charge is 2.14. The fourth-order valence-electron chi connectivity index (χ4n) is 3.18. The van der Waals surface area contributed by atoms with E-state index in [1.54, 1.807) is 36.4 Å². The standard InChI is InChI=1S/C26H26N2O5/c1-2-18-12-14-21(15-13-18)33-16-6-11-24(29)28-23-10-4-3-9-22(23)25(30)27-20-8-5-7-19(17-20)26(31)32/h3-5,7-10,12-15,17H,2,6,11,16H2,1H3,(H,27,30)(H,28,29)(H,31,32). The van der Waals surface area contributed by atoms with E-state index in [1.165, 1.54) is 17.7 Å². The predicted molar refractivity (Wildman–Crippen MR) is 127 cm³/mol. The maximum Gasteiger partial charge on any atom is 0.335 e. The number of carbonyl (C=O) groups excluding carboxylic acids is 2. The average Bonchev–Trinajstić information content (AvgIpc) is 2.82. The van der Waals surface area contributed by atoms with Crippen LogP contribution in [0.2, 0.25) is 0 Å². The van der Waals surface area contributed by atoms with Crippen LogP contribution in [0.5, 0.6) is 5.75 Å². The summed E-state index contributed by atoms with van der Waals surface area (Å²) in [5, 5.41) is 14.6. The molecule has 0 bridgehead atoms. The van der Waals surface area contributed by atoms with E-state index in [9.17, 15) is 14.4 Å². The summed E-state index contributed by atoms with van der Waals surface area (Å²) in [5.74, 6) is -0.998.